The molecule has 0 unspecified atom stereocenters. The average molecular weight is 298 g/mol. The number of aryl methyl sites for hydroxylation is 1. The minimum Gasteiger partial charge on any atom is -0.362 e. The van der Waals surface area contributed by atoms with Crippen LogP contribution in [0.4, 0.5) is 19.0 Å². The second kappa shape index (κ2) is 6.60. The highest BCUT2D eigenvalue weighted by atomic mass is 19.3. The highest BCUT2D eigenvalue weighted by molar-refractivity contribution is 5.53. The van der Waals surface area contributed by atoms with Gasteiger partial charge in [-0.3, -0.25) is 0 Å². The Bertz CT molecular complexity index is 645. The van der Waals surface area contributed by atoms with Gasteiger partial charge >= 0.3 is 6.08 Å². The molecule has 0 N–H and O–H groups in total. The van der Waals surface area contributed by atoms with Crippen LogP contribution < -0.4 is 4.90 Å². The van der Waals surface area contributed by atoms with Gasteiger partial charge < -0.3 is 4.90 Å². The number of fused-ring (bicyclic) bond motifs is 1. The Morgan fingerprint density at radius 3 is 2.67 bits per heavy atom. The third-order valence-corrected chi connectivity index (χ3v) is 3.18. The highest BCUT2D eigenvalue weighted by Crippen LogP contribution is 2.22. The number of unbranched alkanes of at least 4 members (excludes halogenated alkanes) is 1. The van der Waals surface area contributed by atoms with Gasteiger partial charge in [-0.1, -0.05) is 0 Å². The fourth-order valence-corrected chi connectivity index (χ4v) is 2.24. The first kappa shape index (κ1) is 15.3. The van der Waals surface area contributed by atoms with E-state index in [1.165, 1.54) is 0 Å². The number of aromatic nitrogens is 3. The predicted octanol–water partition coefficient (Wildman–Crippen LogP) is 3.59. The van der Waals surface area contributed by atoms with E-state index >= 15 is 0 Å². The first-order valence-corrected chi connectivity index (χ1v) is 6.69. The van der Waals surface area contributed by atoms with E-state index in [4.69, 9.17) is 0 Å². The van der Waals surface area contributed by atoms with E-state index in [1.54, 1.807) is 23.0 Å². The maximum absolute atomic E-state index is 12.7. The van der Waals surface area contributed by atoms with Gasteiger partial charge in [0, 0.05) is 38.3 Å². The number of allylic oxidation sites excluding steroid dienone is 1. The van der Waals surface area contributed by atoms with Crippen molar-refractivity contribution in [2.45, 2.75) is 25.7 Å². The smallest absolute Gasteiger partial charge is 0.301 e. The molecular weight excluding hydrogens is 281 g/mol. The number of nitrogens with zero attached hydrogens (tertiary/aromatic N) is 4. The molecule has 2 rings (SSSR count). The van der Waals surface area contributed by atoms with Crippen molar-refractivity contribution in [2.24, 2.45) is 0 Å². The first-order valence-electron chi connectivity index (χ1n) is 6.69. The predicted molar refractivity (Wildman–Crippen MR) is 75.2 cm³/mol. The summed E-state index contributed by atoms with van der Waals surface area (Å²) in [4.78, 5) is 6.23. The van der Waals surface area contributed by atoms with E-state index in [1.807, 2.05) is 19.0 Å². The maximum Gasteiger partial charge on any atom is 0.301 e. The average Bonchev–Trinajstić information content (AvgIpc) is 2.90. The summed E-state index contributed by atoms with van der Waals surface area (Å²) in [5, 5.41) is 4.23. The summed E-state index contributed by atoms with van der Waals surface area (Å²) in [5.41, 5.74) is 1.71. The van der Waals surface area contributed by atoms with Crippen molar-refractivity contribution in [3.8, 4) is 0 Å². The molecule has 2 aromatic rings. The Morgan fingerprint density at radius 2 is 2.00 bits per heavy atom. The van der Waals surface area contributed by atoms with Crippen molar-refractivity contribution in [2.75, 3.05) is 19.0 Å². The van der Waals surface area contributed by atoms with E-state index in [0.717, 1.165) is 17.0 Å². The summed E-state index contributed by atoms with van der Waals surface area (Å²) >= 11 is 0. The van der Waals surface area contributed by atoms with Crippen LogP contribution in [-0.2, 0) is 6.42 Å². The van der Waals surface area contributed by atoms with Gasteiger partial charge in [0.05, 0.1) is 6.20 Å². The lowest BCUT2D eigenvalue weighted by molar-refractivity contribution is 0.367. The van der Waals surface area contributed by atoms with Crippen LogP contribution in [0.15, 0.2) is 30.4 Å². The van der Waals surface area contributed by atoms with Gasteiger partial charge in [-0.2, -0.15) is 18.4 Å². The van der Waals surface area contributed by atoms with Crippen LogP contribution in [0, 0.1) is 0 Å². The van der Waals surface area contributed by atoms with Crippen LogP contribution in [0.25, 0.3) is 5.65 Å². The fraction of sp³-hybridized carbons (Fsp3) is 0.429. The van der Waals surface area contributed by atoms with Gasteiger partial charge in [-0.25, -0.2) is 9.37 Å². The second-order valence-corrected chi connectivity index (χ2v) is 4.98. The second-order valence-electron chi connectivity index (χ2n) is 4.98. The van der Waals surface area contributed by atoms with Gasteiger partial charge in [0.2, 0.25) is 0 Å². The van der Waals surface area contributed by atoms with Gasteiger partial charge in [0.1, 0.15) is 5.82 Å². The van der Waals surface area contributed by atoms with Gasteiger partial charge in [-0.05, 0) is 19.3 Å². The lowest BCUT2D eigenvalue weighted by Gasteiger charge is -2.18. The minimum atomic E-state index is -2.22. The Hall–Kier alpha value is -2.05. The number of hydrogen-bond donors (Lipinski definition) is 0. The molecule has 2 heterocycles. The summed E-state index contributed by atoms with van der Waals surface area (Å²) in [6.45, 7) is 0. The van der Waals surface area contributed by atoms with Crippen molar-refractivity contribution in [1.82, 2.24) is 14.6 Å². The molecule has 0 bridgehead atoms. The van der Waals surface area contributed by atoms with Crippen LogP contribution in [0.3, 0.4) is 0 Å². The molecule has 4 nitrogen and oxygen atoms in total. The molecule has 0 saturated carbocycles. The summed E-state index contributed by atoms with van der Waals surface area (Å²) in [6.07, 6.45) is 2.60. The summed E-state index contributed by atoms with van der Waals surface area (Å²) in [5.74, 6) is -0.416. The molecular formula is C14H17F3N4. The van der Waals surface area contributed by atoms with Crippen molar-refractivity contribution in [3.63, 3.8) is 0 Å². The largest absolute Gasteiger partial charge is 0.362 e. The normalized spacial score (nSPS) is 10.9. The van der Waals surface area contributed by atoms with Crippen molar-refractivity contribution in [1.29, 1.82) is 0 Å². The van der Waals surface area contributed by atoms with Gasteiger partial charge in [0.15, 0.2) is 11.5 Å². The van der Waals surface area contributed by atoms with Crippen LogP contribution in [0.5, 0.6) is 0 Å². The molecule has 0 amide bonds. The summed E-state index contributed by atoms with van der Waals surface area (Å²) < 4.78 is 38.4. The van der Waals surface area contributed by atoms with Crippen molar-refractivity contribution in [3.05, 3.63) is 35.9 Å². The zero-order valence-electron chi connectivity index (χ0n) is 12.0. The van der Waals surface area contributed by atoms with Crippen LogP contribution >= 0.6 is 0 Å². The quantitative estimate of drug-likeness (QED) is 0.764. The summed E-state index contributed by atoms with van der Waals surface area (Å²) in [6, 6.07) is 1.81. The molecule has 7 heteroatoms. The molecule has 21 heavy (non-hydrogen) atoms. The number of halogens is 3. The monoisotopic (exact) mass is 298 g/mol. The van der Waals surface area contributed by atoms with Crippen LogP contribution in [0.2, 0.25) is 0 Å². The molecule has 0 aromatic carbocycles. The molecule has 0 saturated heterocycles. The Morgan fingerprint density at radius 1 is 1.24 bits per heavy atom. The van der Waals surface area contributed by atoms with Gasteiger partial charge in [-0.15, -0.1) is 0 Å². The Labute approximate surface area is 120 Å². The van der Waals surface area contributed by atoms with Crippen LogP contribution in [0.1, 0.15) is 24.8 Å². The number of anilines is 1. The zero-order valence-corrected chi connectivity index (χ0v) is 12.0. The first-order chi connectivity index (χ1) is 10.0. The topological polar surface area (TPSA) is 33.4 Å². The van der Waals surface area contributed by atoms with E-state index in [-0.39, 0.29) is 6.42 Å². The molecule has 0 spiro atoms. The molecule has 2 aromatic heterocycles. The van der Waals surface area contributed by atoms with E-state index in [9.17, 15) is 13.2 Å². The van der Waals surface area contributed by atoms with Crippen molar-refractivity contribution >= 4 is 11.5 Å². The van der Waals surface area contributed by atoms with E-state index in [0.29, 0.717) is 19.3 Å². The zero-order chi connectivity index (χ0) is 15.4. The SMILES string of the molecule is CN(C)c1c(CCCCC(F)=C(F)F)cnc2ccnn12. The molecule has 0 aliphatic heterocycles. The number of rotatable bonds is 6. The standard InChI is InChI=1S/C14H17F3N4/c1-20(2)14-10(5-3-4-6-11(15)13(16)17)9-18-12-7-8-19-21(12)14/h7-9H,3-6H2,1-2H3. The third kappa shape index (κ3) is 3.53. The fourth-order valence-electron chi connectivity index (χ4n) is 2.24. The Kier molecular flexibility index (Phi) is 4.82. The summed E-state index contributed by atoms with van der Waals surface area (Å²) in [7, 11) is 3.81. The lowest BCUT2D eigenvalue weighted by Crippen LogP contribution is -2.17. The Balaban J connectivity index is 2.08. The molecule has 0 atom stereocenters. The van der Waals surface area contributed by atoms with E-state index < -0.39 is 11.9 Å². The van der Waals surface area contributed by atoms with Crippen molar-refractivity contribution < 1.29 is 13.2 Å². The highest BCUT2D eigenvalue weighted by Gasteiger charge is 2.12. The van der Waals surface area contributed by atoms with Gasteiger partial charge in [0.25, 0.3) is 0 Å². The molecule has 0 aliphatic carbocycles. The molecule has 0 aliphatic rings. The molecule has 0 fully saturated rings. The van der Waals surface area contributed by atoms with E-state index in [2.05, 4.69) is 10.1 Å². The maximum atomic E-state index is 12.7. The number of hydrogen-bond acceptors (Lipinski definition) is 3. The van der Waals surface area contributed by atoms with Crippen LogP contribution in [-0.4, -0.2) is 28.7 Å². The molecule has 114 valence electrons. The molecule has 0 radical (unpaired) electrons. The third-order valence-electron chi connectivity index (χ3n) is 3.18. The lowest BCUT2D eigenvalue weighted by atomic mass is 10.1. The minimum absolute atomic E-state index is 0.225.